The Bertz CT molecular complexity index is 801. The molecule has 0 radical (unpaired) electrons. The molecule has 2 aromatic rings. The molecule has 0 aromatic heterocycles. The molecular formula is C23H31ClN2OS. The largest absolute Gasteiger partial charge is 0.339 e. The second-order valence-corrected chi connectivity index (χ2v) is 8.76. The number of nitrogens with zero attached hydrogens (tertiary/aromatic N) is 1. The van der Waals surface area contributed by atoms with Gasteiger partial charge < -0.3 is 10.6 Å². The standard InChI is InChI=1S/C23H30N2OS.ClH/c1-16-7-8-17(2)22(13-16)27-15-19-5-4-6-21(14-19)23(26)25-11-9-20(10-12-25)18(3)24;/h4-8,13-14,18,20H,9-12,15,24H2,1-3H3;1H. The van der Waals surface area contributed by atoms with Crippen molar-refractivity contribution in [2.75, 3.05) is 13.1 Å². The average molecular weight is 419 g/mol. The van der Waals surface area contributed by atoms with Crippen LogP contribution in [-0.2, 0) is 5.75 Å². The van der Waals surface area contributed by atoms with Crippen LogP contribution in [0, 0.1) is 19.8 Å². The third-order valence-corrected chi connectivity index (χ3v) is 6.71. The van der Waals surface area contributed by atoms with Crippen molar-refractivity contribution < 1.29 is 4.79 Å². The van der Waals surface area contributed by atoms with Crippen LogP contribution >= 0.6 is 24.2 Å². The first-order valence-corrected chi connectivity index (χ1v) is 10.8. The zero-order valence-corrected chi connectivity index (χ0v) is 18.6. The predicted octanol–water partition coefficient (Wildman–Crippen LogP) is 5.22. The molecule has 1 unspecified atom stereocenters. The van der Waals surface area contributed by atoms with Crippen molar-refractivity contribution >= 4 is 30.1 Å². The van der Waals surface area contributed by atoms with Gasteiger partial charge in [-0.15, -0.1) is 24.2 Å². The van der Waals surface area contributed by atoms with Gasteiger partial charge in [0.1, 0.15) is 0 Å². The van der Waals surface area contributed by atoms with Gasteiger partial charge in [0.15, 0.2) is 0 Å². The van der Waals surface area contributed by atoms with Crippen molar-refractivity contribution in [1.82, 2.24) is 4.90 Å². The van der Waals surface area contributed by atoms with Crippen molar-refractivity contribution in [3.05, 3.63) is 64.7 Å². The minimum Gasteiger partial charge on any atom is -0.339 e. The second kappa shape index (κ2) is 10.3. The Morgan fingerprint density at radius 2 is 1.89 bits per heavy atom. The van der Waals surface area contributed by atoms with Gasteiger partial charge in [0, 0.05) is 35.3 Å². The lowest BCUT2D eigenvalue weighted by molar-refractivity contribution is 0.0681. The lowest BCUT2D eigenvalue weighted by Gasteiger charge is -2.33. The van der Waals surface area contributed by atoms with Crippen molar-refractivity contribution in [2.24, 2.45) is 11.7 Å². The molecule has 2 aromatic carbocycles. The van der Waals surface area contributed by atoms with Crippen LogP contribution in [0.15, 0.2) is 47.4 Å². The Hall–Kier alpha value is -1.49. The minimum absolute atomic E-state index is 0. The molecule has 1 amide bonds. The van der Waals surface area contributed by atoms with Gasteiger partial charge in [-0.05, 0) is 68.9 Å². The number of hydrogen-bond donors (Lipinski definition) is 1. The summed E-state index contributed by atoms with van der Waals surface area (Å²) in [7, 11) is 0. The number of carbonyl (C=O) groups is 1. The Labute approximate surface area is 179 Å². The highest BCUT2D eigenvalue weighted by molar-refractivity contribution is 7.98. The maximum absolute atomic E-state index is 12.9. The van der Waals surface area contributed by atoms with Crippen LogP contribution < -0.4 is 5.73 Å². The van der Waals surface area contributed by atoms with Gasteiger partial charge in [-0.2, -0.15) is 0 Å². The summed E-state index contributed by atoms with van der Waals surface area (Å²) in [5, 5.41) is 0. The molecule has 1 saturated heterocycles. The molecule has 28 heavy (non-hydrogen) atoms. The van der Waals surface area contributed by atoms with Crippen molar-refractivity contribution in [1.29, 1.82) is 0 Å². The second-order valence-electron chi connectivity index (χ2n) is 7.75. The molecule has 0 aliphatic carbocycles. The molecule has 3 rings (SSSR count). The van der Waals surface area contributed by atoms with Crippen LogP contribution in [0.3, 0.4) is 0 Å². The summed E-state index contributed by atoms with van der Waals surface area (Å²) in [5.74, 6) is 1.56. The topological polar surface area (TPSA) is 46.3 Å². The number of halogens is 1. The molecule has 0 bridgehead atoms. The molecular weight excluding hydrogens is 388 g/mol. The summed E-state index contributed by atoms with van der Waals surface area (Å²) >= 11 is 1.84. The average Bonchev–Trinajstić information content (AvgIpc) is 2.68. The number of aryl methyl sites for hydroxylation is 2. The number of likely N-dealkylation sites (tertiary alicyclic amines) is 1. The van der Waals surface area contributed by atoms with E-state index in [2.05, 4.69) is 51.1 Å². The number of amides is 1. The van der Waals surface area contributed by atoms with Crippen LogP contribution in [0.1, 0.15) is 46.8 Å². The number of nitrogens with two attached hydrogens (primary N) is 1. The Balaban J connectivity index is 0.00000280. The van der Waals surface area contributed by atoms with Gasteiger partial charge in [0.25, 0.3) is 5.91 Å². The molecule has 3 nitrogen and oxygen atoms in total. The van der Waals surface area contributed by atoms with Gasteiger partial charge in [-0.3, -0.25) is 4.79 Å². The summed E-state index contributed by atoms with van der Waals surface area (Å²) in [5.41, 5.74) is 10.6. The molecule has 152 valence electrons. The van der Waals surface area contributed by atoms with Crippen LogP contribution in [-0.4, -0.2) is 29.9 Å². The van der Waals surface area contributed by atoms with E-state index < -0.39 is 0 Å². The van der Waals surface area contributed by atoms with Gasteiger partial charge in [0.05, 0.1) is 0 Å². The van der Waals surface area contributed by atoms with E-state index in [1.807, 2.05) is 28.8 Å². The summed E-state index contributed by atoms with van der Waals surface area (Å²) in [6, 6.07) is 14.9. The Morgan fingerprint density at radius 1 is 1.18 bits per heavy atom. The minimum atomic E-state index is 0. The van der Waals surface area contributed by atoms with E-state index in [-0.39, 0.29) is 24.4 Å². The number of thioether (sulfide) groups is 1. The zero-order valence-electron chi connectivity index (χ0n) is 17.0. The molecule has 1 atom stereocenters. The summed E-state index contributed by atoms with van der Waals surface area (Å²) in [6.45, 7) is 7.96. The third-order valence-electron chi connectivity index (χ3n) is 5.48. The molecule has 0 spiro atoms. The van der Waals surface area contributed by atoms with Crippen LogP contribution in [0.4, 0.5) is 0 Å². The number of carbonyl (C=O) groups excluding carboxylic acids is 1. The molecule has 1 heterocycles. The monoisotopic (exact) mass is 418 g/mol. The summed E-state index contributed by atoms with van der Waals surface area (Å²) in [6.07, 6.45) is 2.01. The van der Waals surface area contributed by atoms with E-state index in [1.165, 1.54) is 21.6 Å². The number of benzene rings is 2. The van der Waals surface area contributed by atoms with Crippen molar-refractivity contribution in [3.63, 3.8) is 0 Å². The molecule has 1 fully saturated rings. The van der Waals surface area contributed by atoms with E-state index in [1.54, 1.807) is 0 Å². The fourth-order valence-corrected chi connectivity index (χ4v) is 4.70. The number of hydrogen-bond acceptors (Lipinski definition) is 3. The zero-order chi connectivity index (χ0) is 19.4. The highest BCUT2D eigenvalue weighted by Crippen LogP contribution is 2.28. The molecule has 1 aliphatic heterocycles. The van der Waals surface area contributed by atoms with E-state index in [9.17, 15) is 4.79 Å². The Morgan fingerprint density at radius 3 is 2.57 bits per heavy atom. The van der Waals surface area contributed by atoms with Gasteiger partial charge >= 0.3 is 0 Å². The lowest BCUT2D eigenvalue weighted by Crippen LogP contribution is -2.42. The van der Waals surface area contributed by atoms with Crippen LogP contribution in [0.5, 0.6) is 0 Å². The van der Waals surface area contributed by atoms with Crippen LogP contribution in [0.25, 0.3) is 0 Å². The highest BCUT2D eigenvalue weighted by Gasteiger charge is 2.25. The fraction of sp³-hybridized carbons (Fsp3) is 0.435. The predicted molar refractivity (Wildman–Crippen MR) is 121 cm³/mol. The van der Waals surface area contributed by atoms with Crippen molar-refractivity contribution in [2.45, 2.75) is 50.3 Å². The first-order chi connectivity index (χ1) is 12.9. The van der Waals surface area contributed by atoms with Gasteiger partial charge in [-0.25, -0.2) is 0 Å². The lowest BCUT2D eigenvalue weighted by atomic mass is 9.90. The summed E-state index contributed by atoms with van der Waals surface area (Å²) in [4.78, 5) is 16.2. The van der Waals surface area contributed by atoms with E-state index in [0.29, 0.717) is 5.92 Å². The number of rotatable bonds is 5. The molecule has 2 N–H and O–H groups in total. The quantitative estimate of drug-likeness (QED) is 0.677. The first-order valence-electron chi connectivity index (χ1n) is 9.78. The van der Waals surface area contributed by atoms with Gasteiger partial charge in [-0.1, -0.05) is 29.8 Å². The highest BCUT2D eigenvalue weighted by atomic mass is 35.5. The van der Waals surface area contributed by atoms with Crippen molar-refractivity contribution in [3.8, 4) is 0 Å². The SMILES string of the molecule is Cc1ccc(C)c(SCc2cccc(C(=O)N3CCC(C(C)N)CC3)c2)c1.Cl. The molecule has 1 aliphatic rings. The molecule has 5 heteroatoms. The normalized spacial score (nSPS) is 15.8. The van der Waals surface area contributed by atoms with Gasteiger partial charge in [0.2, 0.25) is 0 Å². The summed E-state index contributed by atoms with van der Waals surface area (Å²) < 4.78 is 0. The fourth-order valence-electron chi connectivity index (χ4n) is 3.63. The number of piperidine rings is 1. The first kappa shape index (κ1) is 22.8. The maximum atomic E-state index is 12.9. The molecule has 0 saturated carbocycles. The van der Waals surface area contributed by atoms with E-state index >= 15 is 0 Å². The maximum Gasteiger partial charge on any atom is 0.253 e. The third kappa shape index (κ3) is 5.76. The Kier molecular flexibility index (Phi) is 8.41. The van der Waals surface area contributed by atoms with Crippen LogP contribution in [0.2, 0.25) is 0 Å². The van der Waals surface area contributed by atoms with E-state index in [4.69, 9.17) is 5.73 Å². The van der Waals surface area contributed by atoms with E-state index in [0.717, 1.165) is 37.2 Å². The smallest absolute Gasteiger partial charge is 0.253 e.